The van der Waals surface area contributed by atoms with Crippen LogP contribution in [0.4, 0.5) is 0 Å². The summed E-state index contributed by atoms with van der Waals surface area (Å²) in [7, 11) is 0. The Hall–Kier alpha value is 0.0431. The number of hydrogen-bond acceptors (Lipinski definition) is 4. The van der Waals surface area contributed by atoms with Gasteiger partial charge in [0.2, 0.25) is 0 Å². The van der Waals surface area contributed by atoms with E-state index in [0.29, 0.717) is 0 Å². The molecule has 0 aliphatic rings. The molecule has 6 heteroatoms. The van der Waals surface area contributed by atoms with Crippen LogP contribution in [-0.4, -0.2) is 36.5 Å². The molecule has 0 saturated heterocycles. The molecule has 0 fully saturated rings. The Bertz CT molecular complexity index is 42.8. The second kappa shape index (κ2) is 5.04. The molecule has 32 valence electrons. The van der Waals surface area contributed by atoms with Gasteiger partial charge in [-0.05, 0) is 0 Å². The predicted molar refractivity (Wildman–Crippen MR) is 16.5 cm³/mol. The zero-order valence-corrected chi connectivity index (χ0v) is 6.04. The molecule has 0 aliphatic heterocycles. The quantitative estimate of drug-likeness (QED) is 0.299. The van der Waals surface area contributed by atoms with E-state index in [1.165, 1.54) is 0 Å². The smallest absolute Gasteiger partial charge is 0.214 e. The van der Waals surface area contributed by atoms with Gasteiger partial charge in [0.15, 0.2) is 0 Å². The van der Waals surface area contributed by atoms with Crippen molar-refractivity contribution in [2.75, 3.05) is 0 Å². The molecule has 0 aromatic carbocycles. The fourth-order valence-electron chi connectivity index (χ4n) is 0. The van der Waals surface area contributed by atoms with Crippen LogP contribution in [0.5, 0.6) is 0 Å². The number of rotatable bonds is 1. The van der Waals surface area contributed by atoms with Gasteiger partial charge in [0.05, 0.1) is 0 Å². The topological polar surface area (TPSA) is 72.6 Å². The SMILES string of the molecule is O=[N+]([O-])OO.[Bi+3]. The molecule has 0 atom stereocenters. The van der Waals surface area contributed by atoms with E-state index in [0.717, 1.165) is 0 Å². The van der Waals surface area contributed by atoms with E-state index in [9.17, 15) is 0 Å². The van der Waals surface area contributed by atoms with Gasteiger partial charge in [-0.3, -0.25) is 0 Å². The van der Waals surface area contributed by atoms with Crippen LogP contribution in [0.2, 0.25) is 0 Å². The normalized spacial score (nSPS) is 5.50. The molecule has 0 heterocycles. The van der Waals surface area contributed by atoms with Gasteiger partial charge in [-0.2, -0.15) is 0 Å². The summed E-state index contributed by atoms with van der Waals surface area (Å²) in [5.74, 6) is 0. The van der Waals surface area contributed by atoms with E-state index >= 15 is 0 Å². The maximum absolute atomic E-state index is 8.70. The summed E-state index contributed by atoms with van der Waals surface area (Å²) in [4.78, 5) is 11.2. The molecule has 1 N–H and O–H groups in total. The molecule has 0 aliphatic carbocycles. The van der Waals surface area contributed by atoms with Crippen LogP contribution in [0.25, 0.3) is 0 Å². The van der Waals surface area contributed by atoms with Crippen LogP contribution in [0.3, 0.4) is 0 Å². The van der Waals surface area contributed by atoms with Gasteiger partial charge in [-0.25, -0.2) is 5.26 Å². The van der Waals surface area contributed by atoms with Crippen molar-refractivity contribution in [1.29, 1.82) is 0 Å². The van der Waals surface area contributed by atoms with Crippen LogP contribution < -0.4 is 0 Å². The zero-order valence-electron chi connectivity index (χ0n) is 2.57. The molecule has 0 aromatic heterocycles. The minimum absolute atomic E-state index is 0. The van der Waals surface area contributed by atoms with Crippen molar-refractivity contribution in [3.63, 3.8) is 0 Å². The molecule has 6 heavy (non-hydrogen) atoms. The first-order valence-electron chi connectivity index (χ1n) is 0.730. The largest absolute Gasteiger partial charge is 3.00 e. The first-order valence-corrected chi connectivity index (χ1v) is 0.730. The molecule has 0 aromatic rings. The molecule has 5 nitrogen and oxygen atoms in total. The summed E-state index contributed by atoms with van der Waals surface area (Å²) in [5.41, 5.74) is 0. The van der Waals surface area contributed by atoms with E-state index in [2.05, 4.69) is 4.99 Å². The summed E-state index contributed by atoms with van der Waals surface area (Å²) in [6.45, 7) is 0. The number of hydrogen-bond donors (Lipinski definition) is 1. The third-order valence-electron chi connectivity index (χ3n) is 0.0667. The van der Waals surface area contributed by atoms with Gasteiger partial charge in [-0.1, -0.05) is 0 Å². The molecule has 0 unspecified atom stereocenters. The Labute approximate surface area is 52.1 Å². The van der Waals surface area contributed by atoms with Gasteiger partial charge < -0.3 is 0 Å². The number of nitrogens with zero attached hydrogens (tertiary/aromatic N) is 1. The molecular formula is HBiNO4+3. The van der Waals surface area contributed by atoms with Crippen molar-refractivity contribution in [1.82, 2.24) is 0 Å². The summed E-state index contributed by atoms with van der Waals surface area (Å²) < 4.78 is 0. The van der Waals surface area contributed by atoms with E-state index in [-0.39, 0.29) is 26.2 Å². The fraction of sp³-hybridized carbons (Fsp3) is 0. The fourth-order valence-corrected chi connectivity index (χ4v) is 0. The Morgan fingerprint density at radius 1 is 1.83 bits per heavy atom. The maximum Gasteiger partial charge on any atom is 3.00 e. The van der Waals surface area contributed by atoms with Crippen LogP contribution in [0.1, 0.15) is 0 Å². The van der Waals surface area contributed by atoms with Gasteiger partial charge in [0, 0.05) is 0 Å². The standard InChI is InChI=1S/Bi.HNO4/c;2-1(3)5-4/h;4H/q+3;. The van der Waals surface area contributed by atoms with Crippen molar-refractivity contribution < 1.29 is 15.3 Å². The zero-order chi connectivity index (χ0) is 4.28. The van der Waals surface area contributed by atoms with Gasteiger partial charge in [-0.15, -0.1) is 15.1 Å². The van der Waals surface area contributed by atoms with Crippen LogP contribution in [0.15, 0.2) is 0 Å². The van der Waals surface area contributed by atoms with Crippen molar-refractivity contribution in [3.8, 4) is 0 Å². The molecule has 0 rings (SSSR count). The van der Waals surface area contributed by atoms with E-state index in [4.69, 9.17) is 15.4 Å². The van der Waals surface area contributed by atoms with E-state index in [1.54, 1.807) is 0 Å². The Morgan fingerprint density at radius 3 is 2.00 bits per heavy atom. The first-order chi connectivity index (χ1) is 2.27. The van der Waals surface area contributed by atoms with E-state index < -0.39 is 5.09 Å². The Kier molecular flexibility index (Phi) is 7.90. The first kappa shape index (κ1) is 9.40. The van der Waals surface area contributed by atoms with Gasteiger partial charge in [0.25, 0.3) is 0 Å². The summed E-state index contributed by atoms with van der Waals surface area (Å²) in [6.07, 6.45) is 0. The van der Waals surface area contributed by atoms with Crippen molar-refractivity contribution in [2.24, 2.45) is 0 Å². The molecule has 0 bridgehead atoms. The minimum Gasteiger partial charge on any atom is -0.214 e. The second-order valence-corrected chi connectivity index (χ2v) is 0.305. The summed E-state index contributed by atoms with van der Waals surface area (Å²) >= 11 is 0. The predicted octanol–water partition coefficient (Wildman–Crippen LogP) is -0.713. The van der Waals surface area contributed by atoms with Gasteiger partial charge in [0.1, 0.15) is 0 Å². The monoisotopic (exact) mass is 288 g/mol. The minimum atomic E-state index is -1.32. The Balaban J connectivity index is 0. The molecule has 0 amide bonds. The van der Waals surface area contributed by atoms with Crippen LogP contribution >= 0.6 is 0 Å². The van der Waals surface area contributed by atoms with Crippen LogP contribution in [0, 0.1) is 10.1 Å². The second-order valence-electron chi connectivity index (χ2n) is 0.305. The molecule has 0 saturated carbocycles. The van der Waals surface area contributed by atoms with Gasteiger partial charge >= 0.3 is 31.3 Å². The molecular weight excluding hydrogens is 287 g/mol. The van der Waals surface area contributed by atoms with Crippen LogP contribution in [-0.2, 0) is 4.99 Å². The summed E-state index contributed by atoms with van der Waals surface area (Å²) in [5, 5.41) is 14.3. The Morgan fingerprint density at radius 2 is 2.00 bits per heavy atom. The average Bonchev–Trinajstić information content (AvgIpc) is 1.38. The van der Waals surface area contributed by atoms with Crippen molar-refractivity contribution in [3.05, 3.63) is 10.1 Å². The third-order valence-corrected chi connectivity index (χ3v) is 0.0667. The molecule has 0 spiro atoms. The third kappa shape index (κ3) is 8.97. The molecule has 2 radical (unpaired) electrons. The van der Waals surface area contributed by atoms with E-state index in [1.807, 2.05) is 0 Å². The average molecular weight is 288 g/mol. The van der Waals surface area contributed by atoms with Crippen molar-refractivity contribution >= 4 is 26.2 Å². The van der Waals surface area contributed by atoms with Crippen molar-refractivity contribution in [2.45, 2.75) is 0 Å². The maximum atomic E-state index is 8.70. The summed E-state index contributed by atoms with van der Waals surface area (Å²) in [6, 6.07) is 0.